The van der Waals surface area contributed by atoms with Gasteiger partial charge in [0.15, 0.2) is 11.5 Å². The number of benzene rings is 1. The molecule has 2 aromatic rings. The first-order chi connectivity index (χ1) is 14.2. The molecular formula is C12H10Cl2F8N4O4S3. The second kappa shape index (κ2) is 6.92. The zero-order valence-electron chi connectivity index (χ0n) is 15.7. The maximum absolute atomic E-state index is 13.6. The standard InChI is InChI=1S/C12H10Cl2F8N4O4S3/c1-31(27,28)26(32(2,29)30)9-10(12(15,16)17)24-25(11(9)23)8-6(13)3-5(4-7(8)14)33(18,19,20,21)22/h3-4H,23H2,1-2H3. The SMILES string of the molecule is CS(=O)(=O)N(c1c(C(F)(F)F)nn(-c2c(Cl)cc(S(F)(F)(F)(F)F)cc2Cl)c1N)S(C)(=O)=O. The third kappa shape index (κ3) is 5.52. The number of alkyl halides is 3. The molecule has 1 aromatic heterocycles. The van der Waals surface area contributed by atoms with Crippen molar-refractivity contribution in [2.24, 2.45) is 0 Å². The number of anilines is 2. The average Bonchev–Trinajstić information content (AvgIpc) is 2.79. The molecule has 0 aliphatic carbocycles. The summed E-state index contributed by atoms with van der Waals surface area (Å²) >= 11 is 11.1. The van der Waals surface area contributed by atoms with Crippen molar-refractivity contribution in [3.63, 3.8) is 0 Å². The van der Waals surface area contributed by atoms with Crippen LogP contribution in [-0.2, 0) is 26.2 Å². The van der Waals surface area contributed by atoms with Crippen molar-refractivity contribution in [3.05, 3.63) is 27.9 Å². The lowest BCUT2D eigenvalue weighted by Crippen LogP contribution is -2.36. The molecule has 0 radical (unpaired) electrons. The first-order valence-electron chi connectivity index (χ1n) is 7.56. The molecule has 8 nitrogen and oxygen atoms in total. The smallest absolute Gasteiger partial charge is 0.382 e. The predicted octanol–water partition coefficient (Wildman–Crippen LogP) is 5.16. The maximum atomic E-state index is 13.6. The molecule has 0 amide bonds. The molecule has 2 N–H and O–H groups in total. The van der Waals surface area contributed by atoms with Gasteiger partial charge >= 0.3 is 16.4 Å². The Labute approximate surface area is 190 Å². The van der Waals surface area contributed by atoms with Crippen molar-refractivity contribution in [1.29, 1.82) is 0 Å². The van der Waals surface area contributed by atoms with Crippen LogP contribution >= 0.6 is 33.4 Å². The Morgan fingerprint density at radius 1 is 0.970 bits per heavy atom. The normalized spacial score (nSPS) is 15.8. The van der Waals surface area contributed by atoms with Gasteiger partial charge in [-0.05, 0) is 12.1 Å². The van der Waals surface area contributed by atoms with E-state index in [0.29, 0.717) is 0 Å². The van der Waals surface area contributed by atoms with Crippen LogP contribution < -0.4 is 9.44 Å². The van der Waals surface area contributed by atoms with Crippen molar-refractivity contribution < 1.29 is 49.4 Å². The van der Waals surface area contributed by atoms with E-state index in [0.717, 1.165) is 0 Å². The van der Waals surface area contributed by atoms with Gasteiger partial charge < -0.3 is 5.73 Å². The van der Waals surface area contributed by atoms with Gasteiger partial charge in [-0.15, -0.1) is 0 Å². The lowest BCUT2D eigenvalue weighted by atomic mass is 10.3. The Balaban J connectivity index is 3.03. The topological polar surface area (TPSA) is 115 Å². The fraction of sp³-hybridized carbons (Fsp3) is 0.250. The van der Waals surface area contributed by atoms with Crippen molar-refractivity contribution in [2.75, 3.05) is 22.0 Å². The number of nitrogens with zero attached hydrogens (tertiary/aromatic N) is 3. The summed E-state index contributed by atoms with van der Waals surface area (Å²) in [6, 6.07) is -0.716. The predicted molar refractivity (Wildman–Crippen MR) is 107 cm³/mol. The molecule has 1 heterocycles. The molecule has 0 saturated carbocycles. The second-order valence-electron chi connectivity index (χ2n) is 6.42. The van der Waals surface area contributed by atoms with Crippen LogP contribution in [0.25, 0.3) is 5.69 Å². The van der Waals surface area contributed by atoms with Gasteiger partial charge in [0.05, 0.1) is 22.6 Å². The van der Waals surface area contributed by atoms with Gasteiger partial charge in [-0.2, -0.15) is 22.0 Å². The van der Waals surface area contributed by atoms with E-state index in [1.54, 1.807) is 0 Å². The van der Waals surface area contributed by atoms with Gasteiger partial charge in [0.25, 0.3) is 0 Å². The molecule has 1 aromatic carbocycles. The number of hydrogen-bond donors (Lipinski definition) is 1. The van der Waals surface area contributed by atoms with Crippen molar-refractivity contribution in [3.8, 4) is 5.69 Å². The van der Waals surface area contributed by atoms with E-state index < -0.39 is 78.0 Å². The largest absolute Gasteiger partial charge is 0.437 e. The first-order valence-corrected chi connectivity index (χ1v) is 14.0. The van der Waals surface area contributed by atoms with Crippen LogP contribution in [0.3, 0.4) is 0 Å². The molecule has 0 atom stereocenters. The van der Waals surface area contributed by atoms with Gasteiger partial charge in [0.2, 0.25) is 20.0 Å². The number of sulfonamides is 2. The second-order valence-corrected chi connectivity index (χ2v) is 13.5. The Kier molecular flexibility index (Phi) is 5.78. The number of aromatic nitrogens is 2. The molecule has 0 aliphatic rings. The van der Waals surface area contributed by atoms with Gasteiger partial charge in [0.1, 0.15) is 16.3 Å². The van der Waals surface area contributed by atoms with Crippen LogP contribution in [0, 0.1) is 0 Å². The van der Waals surface area contributed by atoms with E-state index in [4.69, 9.17) is 28.9 Å². The zero-order valence-corrected chi connectivity index (χ0v) is 19.7. The molecule has 190 valence electrons. The van der Waals surface area contributed by atoms with Crippen LogP contribution in [-0.4, -0.2) is 39.1 Å². The average molecular weight is 593 g/mol. The summed E-state index contributed by atoms with van der Waals surface area (Å²) < 4.78 is 153. The van der Waals surface area contributed by atoms with E-state index in [2.05, 4.69) is 5.10 Å². The van der Waals surface area contributed by atoms with Gasteiger partial charge in [-0.25, -0.2) is 21.5 Å². The van der Waals surface area contributed by atoms with Crippen molar-refractivity contribution in [2.45, 2.75) is 11.1 Å². The Morgan fingerprint density at radius 3 is 1.67 bits per heavy atom. The fourth-order valence-electron chi connectivity index (χ4n) is 2.51. The van der Waals surface area contributed by atoms with Crippen LogP contribution in [0.2, 0.25) is 10.0 Å². The van der Waals surface area contributed by atoms with Crippen LogP contribution in [0.4, 0.5) is 44.1 Å². The summed E-state index contributed by atoms with van der Waals surface area (Å²) in [5.41, 5.74) is 0.445. The molecule has 21 heteroatoms. The number of rotatable bonds is 5. The number of nitrogen functional groups attached to an aromatic ring is 1. The van der Waals surface area contributed by atoms with E-state index >= 15 is 0 Å². The third-order valence-electron chi connectivity index (χ3n) is 3.60. The number of nitrogens with two attached hydrogens (primary N) is 1. The summed E-state index contributed by atoms with van der Waals surface area (Å²) in [5.74, 6) is -1.40. The summed E-state index contributed by atoms with van der Waals surface area (Å²) in [4.78, 5) is -2.59. The molecule has 33 heavy (non-hydrogen) atoms. The summed E-state index contributed by atoms with van der Waals surface area (Å²) in [6.45, 7) is 0. The van der Waals surface area contributed by atoms with Crippen LogP contribution in [0.15, 0.2) is 17.0 Å². The quantitative estimate of drug-likeness (QED) is 0.479. The van der Waals surface area contributed by atoms with E-state index in [1.165, 1.54) is 0 Å². The highest BCUT2D eigenvalue weighted by Crippen LogP contribution is 3.02. The molecule has 2 rings (SSSR count). The monoisotopic (exact) mass is 592 g/mol. The fourth-order valence-corrected chi connectivity index (χ4v) is 6.96. The molecule has 0 bridgehead atoms. The Bertz CT molecular complexity index is 1320. The zero-order chi connectivity index (χ0) is 26.2. The summed E-state index contributed by atoms with van der Waals surface area (Å²) in [5, 5.41) is 0.287. The van der Waals surface area contributed by atoms with Gasteiger partial charge in [0, 0.05) is 0 Å². The minimum Gasteiger partial charge on any atom is -0.382 e. The van der Waals surface area contributed by atoms with E-state index in [-0.39, 0.29) is 29.3 Å². The molecule has 0 spiro atoms. The Hall–Kier alpha value is -1.70. The van der Waals surface area contributed by atoms with Gasteiger partial charge in [-0.3, -0.25) is 0 Å². The lowest BCUT2D eigenvalue weighted by molar-refractivity contribution is -0.140. The summed E-state index contributed by atoms with van der Waals surface area (Å²) in [7, 11) is -20.4. The molecule has 0 saturated heterocycles. The lowest BCUT2D eigenvalue weighted by Gasteiger charge is -2.40. The highest BCUT2D eigenvalue weighted by atomic mass is 35.5. The van der Waals surface area contributed by atoms with E-state index in [1.807, 2.05) is 0 Å². The number of halogens is 10. The van der Waals surface area contributed by atoms with Gasteiger partial charge in [-0.1, -0.05) is 42.6 Å². The van der Waals surface area contributed by atoms with Crippen LogP contribution in [0.1, 0.15) is 5.69 Å². The van der Waals surface area contributed by atoms with Crippen molar-refractivity contribution in [1.82, 2.24) is 9.78 Å². The van der Waals surface area contributed by atoms with E-state index in [9.17, 15) is 49.4 Å². The summed E-state index contributed by atoms with van der Waals surface area (Å²) in [6.07, 6.45) is -5.13. The minimum absolute atomic E-state index is 0.124. The first kappa shape index (κ1) is 27.5. The molecule has 0 unspecified atom stereocenters. The Morgan fingerprint density at radius 2 is 1.36 bits per heavy atom. The molecule has 0 aliphatic heterocycles. The molecular weight excluding hydrogens is 583 g/mol. The maximum Gasteiger partial charge on any atom is 0.437 e. The third-order valence-corrected chi connectivity index (χ3v) is 8.49. The highest BCUT2D eigenvalue weighted by Gasteiger charge is 2.65. The van der Waals surface area contributed by atoms with Crippen molar-refractivity contribution >= 4 is 65.0 Å². The highest BCUT2D eigenvalue weighted by molar-refractivity contribution is 8.45. The molecule has 0 fully saturated rings. The van der Waals surface area contributed by atoms with Crippen LogP contribution in [0.5, 0.6) is 0 Å². The number of hydrogen-bond acceptors (Lipinski definition) is 6. The minimum atomic E-state index is -10.3.